The van der Waals surface area contributed by atoms with Crippen LogP contribution in [0.4, 0.5) is 0 Å². The molecule has 2 saturated heterocycles. The quantitative estimate of drug-likeness (QED) is 0.721. The number of carbonyl (C=O) groups excluding carboxylic acids is 1. The normalized spacial score (nSPS) is 25.7. The SMILES string of the molecule is CC1CCCCN1CCCCNC(=O)[C@H]1CCCCN1.Cl.Cl. The third-order valence-electron chi connectivity index (χ3n) is 4.74. The van der Waals surface area contributed by atoms with Crippen molar-refractivity contribution in [1.29, 1.82) is 0 Å². The Balaban J connectivity index is 0.00000220. The van der Waals surface area contributed by atoms with E-state index in [1.54, 1.807) is 0 Å². The number of amides is 1. The van der Waals surface area contributed by atoms with Crippen LogP contribution in [0.15, 0.2) is 0 Å². The van der Waals surface area contributed by atoms with Crippen LogP contribution in [0.2, 0.25) is 0 Å². The standard InChI is InChI=1S/C16H31N3O.2ClH/c1-14-8-3-6-12-19(14)13-7-5-11-18-16(20)15-9-2-4-10-17-15;;/h14-15,17H,2-13H2,1H3,(H,18,20);2*1H/t14?,15-;;/m1../s1. The van der Waals surface area contributed by atoms with Gasteiger partial charge in [-0.05, 0) is 65.1 Å². The summed E-state index contributed by atoms with van der Waals surface area (Å²) in [6.45, 7) is 6.62. The molecule has 0 spiro atoms. The van der Waals surface area contributed by atoms with Crippen LogP contribution in [-0.2, 0) is 4.79 Å². The summed E-state index contributed by atoms with van der Waals surface area (Å²) >= 11 is 0. The Bertz CT molecular complexity index is 299. The lowest BCUT2D eigenvalue weighted by Gasteiger charge is -2.33. The van der Waals surface area contributed by atoms with E-state index in [0.29, 0.717) is 0 Å². The molecule has 0 aromatic heterocycles. The minimum Gasteiger partial charge on any atom is -0.355 e. The summed E-state index contributed by atoms with van der Waals surface area (Å²) in [5.41, 5.74) is 0. The Labute approximate surface area is 148 Å². The molecule has 4 nitrogen and oxygen atoms in total. The maximum Gasteiger partial charge on any atom is 0.237 e. The monoisotopic (exact) mass is 353 g/mol. The highest BCUT2D eigenvalue weighted by atomic mass is 35.5. The highest BCUT2D eigenvalue weighted by Crippen LogP contribution is 2.16. The summed E-state index contributed by atoms with van der Waals surface area (Å²) in [5.74, 6) is 0.205. The molecule has 0 saturated carbocycles. The van der Waals surface area contributed by atoms with Crippen LogP contribution < -0.4 is 10.6 Å². The van der Waals surface area contributed by atoms with Crippen LogP contribution in [-0.4, -0.2) is 49.1 Å². The molecule has 0 bridgehead atoms. The van der Waals surface area contributed by atoms with Crippen molar-refractivity contribution in [3.8, 4) is 0 Å². The summed E-state index contributed by atoms with van der Waals surface area (Å²) in [7, 11) is 0. The van der Waals surface area contributed by atoms with Gasteiger partial charge in [0.25, 0.3) is 0 Å². The van der Waals surface area contributed by atoms with Crippen molar-refractivity contribution >= 4 is 30.7 Å². The number of halogens is 2. The maximum absolute atomic E-state index is 11.9. The zero-order valence-electron chi connectivity index (χ0n) is 13.8. The number of hydrogen-bond acceptors (Lipinski definition) is 3. The van der Waals surface area contributed by atoms with Gasteiger partial charge in [0.05, 0.1) is 6.04 Å². The molecule has 0 aromatic carbocycles. The van der Waals surface area contributed by atoms with Gasteiger partial charge in [0.1, 0.15) is 0 Å². The van der Waals surface area contributed by atoms with Crippen LogP contribution in [0.5, 0.6) is 0 Å². The lowest BCUT2D eigenvalue weighted by molar-refractivity contribution is -0.123. The van der Waals surface area contributed by atoms with Gasteiger partial charge in [0, 0.05) is 12.6 Å². The van der Waals surface area contributed by atoms with Crippen LogP contribution in [0.25, 0.3) is 0 Å². The molecule has 132 valence electrons. The fourth-order valence-corrected chi connectivity index (χ4v) is 3.34. The molecule has 2 aliphatic rings. The Morgan fingerprint density at radius 1 is 1.14 bits per heavy atom. The third kappa shape index (κ3) is 7.49. The zero-order chi connectivity index (χ0) is 14.2. The molecular formula is C16H33Cl2N3O. The van der Waals surface area contributed by atoms with Gasteiger partial charge in [-0.25, -0.2) is 0 Å². The summed E-state index contributed by atoms with van der Waals surface area (Å²) in [4.78, 5) is 14.5. The average Bonchev–Trinajstić information content (AvgIpc) is 2.49. The number of unbranched alkanes of at least 4 members (excludes halogenated alkanes) is 1. The molecule has 22 heavy (non-hydrogen) atoms. The van der Waals surface area contributed by atoms with E-state index in [4.69, 9.17) is 0 Å². The second-order valence-electron chi connectivity index (χ2n) is 6.38. The number of nitrogens with one attached hydrogen (secondary N) is 2. The average molecular weight is 354 g/mol. The summed E-state index contributed by atoms with van der Waals surface area (Å²) in [6, 6.07) is 0.815. The van der Waals surface area contributed by atoms with Gasteiger partial charge in [-0.3, -0.25) is 4.79 Å². The third-order valence-corrected chi connectivity index (χ3v) is 4.74. The van der Waals surface area contributed by atoms with E-state index in [1.807, 2.05) is 0 Å². The predicted molar refractivity (Wildman–Crippen MR) is 97.3 cm³/mol. The van der Waals surface area contributed by atoms with Crippen molar-refractivity contribution in [2.75, 3.05) is 26.2 Å². The minimum absolute atomic E-state index is 0. The summed E-state index contributed by atoms with van der Waals surface area (Å²) in [6.07, 6.45) is 9.78. The van der Waals surface area contributed by atoms with Crippen molar-refractivity contribution in [2.24, 2.45) is 0 Å². The van der Waals surface area contributed by atoms with Gasteiger partial charge in [0.2, 0.25) is 5.91 Å². The Hall–Kier alpha value is -0.0300. The molecule has 2 aliphatic heterocycles. The molecule has 6 heteroatoms. The van der Waals surface area contributed by atoms with Crippen molar-refractivity contribution in [1.82, 2.24) is 15.5 Å². The fourth-order valence-electron chi connectivity index (χ4n) is 3.34. The highest BCUT2D eigenvalue weighted by molar-refractivity contribution is 5.85. The lowest BCUT2D eigenvalue weighted by Crippen LogP contribution is -2.46. The second-order valence-corrected chi connectivity index (χ2v) is 6.38. The molecule has 2 heterocycles. The van der Waals surface area contributed by atoms with E-state index >= 15 is 0 Å². The van der Waals surface area contributed by atoms with Crippen LogP contribution >= 0.6 is 24.8 Å². The summed E-state index contributed by atoms with van der Waals surface area (Å²) < 4.78 is 0. The largest absolute Gasteiger partial charge is 0.355 e. The van der Waals surface area contributed by atoms with Crippen molar-refractivity contribution in [3.63, 3.8) is 0 Å². The number of piperidine rings is 2. The molecule has 1 unspecified atom stereocenters. The van der Waals surface area contributed by atoms with Gasteiger partial charge in [-0.15, -0.1) is 24.8 Å². The molecule has 1 amide bonds. The van der Waals surface area contributed by atoms with Gasteiger partial charge in [-0.2, -0.15) is 0 Å². The molecule has 0 radical (unpaired) electrons. The molecule has 2 atom stereocenters. The van der Waals surface area contributed by atoms with Gasteiger partial charge >= 0.3 is 0 Å². The molecular weight excluding hydrogens is 321 g/mol. The number of hydrogen-bond donors (Lipinski definition) is 2. The highest BCUT2D eigenvalue weighted by Gasteiger charge is 2.20. The van der Waals surface area contributed by atoms with Gasteiger partial charge in [-0.1, -0.05) is 12.8 Å². The lowest BCUT2D eigenvalue weighted by atomic mass is 10.0. The van der Waals surface area contributed by atoms with Crippen molar-refractivity contribution in [3.05, 3.63) is 0 Å². The number of nitrogens with zero attached hydrogens (tertiary/aromatic N) is 1. The van der Waals surface area contributed by atoms with E-state index in [9.17, 15) is 4.79 Å². The first-order valence-electron chi connectivity index (χ1n) is 8.52. The molecule has 0 aromatic rings. The first-order chi connectivity index (χ1) is 9.77. The van der Waals surface area contributed by atoms with E-state index in [-0.39, 0.29) is 36.8 Å². The molecule has 2 fully saturated rings. The Morgan fingerprint density at radius 3 is 2.59 bits per heavy atom. The van der Waals surface area contributed by atoms with Crippen molar-refractivity contribution < 1.29 is 4.79 Å². The minimum atomic E-state index is 0. The smallest absolute Gasteiger partial charge is 0.237 e. The first kappa shape index (κ1) is 22.0. The molecule has 2 rings (SSSR count). The molecule has 0 aliphatic carbocycles. The van der Waals surface area contributed by atoms with Crippen LogP contribution in [0, 0.1) is 0 Å². The zero-order valence-corrected chi connectivity index (χ0v) is 15.4. The van der Waals surface area contributed by atoms with Gasteiger partial charge < -0.3 is 15.5 Å². The second kappa shape index (κ2) is 12.4. The number of likely N-dealkylation sites (tertiary alicyclic amines) is 1. The van der Waals surface area contributed by atoms with E-state index in [2.05, 4.69) is 22.5 Å². The Kier molecular flexibility index (Phi) is 12.4. The predicted octanol–water partition coefficient (Wildman–Crippen LogP) is 2.74. The van der Waals surface area contributed by atoms with E-state index in [0.717, 1.165) is 32.0 Å². The number of carbonyl (C=O) groups is 1. The maximum atomic E-state index is 11.9. The number of rotatable bonds is 6. The molecule has 2 N–H and O–H groups in total. The van der Waals surface area contributed by atoms with Crippen LogP contribution in [0.1, 0.15) is 58.3 Å². The summed E-state index contributed by atoms with van der Waals surface area (Å²) in [5, 5.41) is 6.38. The topological polar surface area (TPSA) is 44.4 Å². The van der Waals surface area contributed by atoms with Gasteiger partial charge in [0.15, 0.2) is 0 Å². The van der Waals surface area contributed by atoms with Crippen molar-refractivity contribution in [2.45, 2.75) is 70.4 Å². The first-order valence-corrected chi connectivity index (χ1v) is 8.52. The van der Waals surface area contributed by atoms with E-state index < -0.39 is 0 Å². The van der Waals surface area contributed by atoms with Crippen LogP contribution in [0.3, 0.4) is 0 Å². The van der Waals surface area contributed by atoms with E-state index in [1.165, 1.54) is 51.6 Å². The Morgan fingerprint density at radius 2 is 1.91 bits per heavy atom. The fraction of sp³-hybridized carbons (Fsp3) is 0.938.